The molecule has 2 fully saturated rings. The minimum atomic E-state index is -0.898. The summed E-state index contributed by atoms with van der Waals surface area (Å²) in [5.74, 6) is 0.385. The van der Waals surface area contributed by atoms with Crippen molar-refractivity contribution in [3.8, 4) is 0 Å². The third kappa shape index (κ3) is 4.18. The van der Waals surface area contributed by atoms with E-state index in [2.05, 4.69) is 75.5 Å². The topological polar surface area (TPSA) is 55.4 Å². The summed E-state index contributed by atoms with van der Waals surface area (Å²) in [5, 5.41) is 15.5. The zero-order chi connectivity index (χ0) is 27.4. The number of para-hydroxylation sites is 1. The zero-order valence-corrected chi connectivity index (χ0v) is 24.3. The van der Waals surface area contributed by atoms with Crippen LogP contribution in [0.5, 0.6) is 0 Å². The van der Waals surface area contributed by atoms with E-state index in [4.69, 9.17) is 4.98 Å². The largest absolute Gasteiger partial charge is 0.384 e. The van der Waals surface area contributed by atoms with Gasteiger partial charge in [0.15, 0.2) is 0 Å². The molecule has 4 aliphatic heterocycles. The highest BCUT2D eigenvalue weighted by molar-refractivity contribution is 6.09. The summed E-state index contributed by atoms with van der Waals surface area (Å²) < 4.78 is 0. The number of hydrogen-bond acceptors (Lipinski definition) is 4. The standard InChI is InChI=1S/C36H44N4O/c41-36-18-10-4-1-2-5-11-20-39-22-17-30(35(25-39)23-26-13-7-3-6-12-21-40(26)34(35)36)29(24-36)32-33-28(16-19-37-32)27-14-8-9-15-31(27)38-33/h1,4,7-9,13-16,19,24,26,30,34,38,41H,2-3,5-6,10-12,17-18,20-23,25H2/t26-,30+,34-,35+,36+/m1/s1. The molecule has 1 aromatic carbocycles. The van der Waals surface area contributed by atoms with Crippen molar-refractivity contribution in [1.29, 1.82) is 0 Å². The van der Waals surface area contributed by atoms with Crippen LogP contribution in [0.1, 0.15) is 69.9 Å². The molecule has 6 heterocycles. The monoisotopic (exact) mass is 548 g/mol. The van der Waals surface area contributed by atoms with E-state index in [0.29, 0.717) is 12.0 Å². The van der Waals surface area contributed by atoms with Crippen molar-refractivity contribution in [2.75, 3.05) is 26.2 Å². The van der Waals surface area contributed by atoms with Gasteiger partial charge in [-0.2, -0.15) is 0 Å². The molecule has 5 aliphatic rings. The predicted molar refractivity (Wildman–Crippen MR) is 168 cm³/mol. The number of benzene rings is 1. The molecule has 1 unspecified atom stereocenters. The number of nitrogens with zero attached hydrogens (tertiary/aromatic N) is 3. The summed E-state index contributed by atoms with van der Waals surface area (Å²) in [4.78, 5) is 14.4. The van der Waals surface area contributed by atoms with Crippen molar-refractivity contribution in [1.82, 2.24) is 19.8 Å². The first-order chi connectivity index (χ1) is 20.2. The van der Waals surface area contributed by atoms with E-state index in [9.17, 15) is 5.11 Å². The van der Waals surface area contributed by atoms with Crippen LogP contribution in [0.4, 0.5) is 0 Å². The second kappa shape index (κ2) is 10.2. The summed E-state index contributed by atoms with van der Waals surface area (Å²) in [7, 11) is 0. The normalized spacial score (nSPS) is 36.1. The number of nitrogens with one attached hydrogen (secondary N) is 1. The van der Waals surface area contributed by atoms with Crippen LogP contribution < -0.4 is 0 Å². The van der Waals surface area contributed by atoms with Gasteiger partial charge >= 0.3 is 0 Å². The maximum absolute atomic E-state index is 13.1. The lowest BCUT2D eigenvalue weighted by Crippen LogP contribution is -2.65. The zero-order valence-electron chi connectivity index (χ0n) is 24.3. The van der Waals surface area contributed by atoms with E-state index in [-0.39, 0.29) is 11.5 Å². The molecule has 2 N–H and O–H groups in total. The van der Waals surface area contributed by atoms with Crippen molar-refractivity contribution in [3.05, 3.63) is 72.6 Å². The number of rotatable bonds is 1. The molecule has 3 aromatic rings. The Hall–Kier alpha value is -2.73. The smallest absolute Gasteiger partial charge is 0.0998 e. The Kier molecular flexibility index (Phi) is 6.46. The fourth-order valence-electron chi connectivity index (χ4n) is 9.59. The number of hydrogen-bond donors (Lipinski definition) is 2. The highest BCUT2D eigenvalue weighted by atomic mass is 16.3. The molecule has 2 saturated heterocycles. The van der Waals surface area contributed by atoms with Gasteiger partial charge in [-0.05, 0) is 114 Å². The molecular formula is C36H44N4O. The molecule has 5 nitrogen and oxygen atoms in total. The van der Waals surface area contributed by atoms with E-state index < -0.39 is 5.60 Å². The number of aromatic nitrogens is 2. The second-order valence-corrected chi connectivity index (χ2v) is 13.5. The molecule has 0 radical (unpaired) electrons. The van der Waals surface area contributed by atoms with Crippen LogP contribution >= 0.6 is 0 Å². The average molecular weight is 549 g/mol. The van der Waals surface area contributed by atoms with Crippen LogP contribution in [0, 0.1) is 11.3 Å². The molecule has 0 amide bonds. The minimum absolute atomic E-state index is 0.00403. The number of allylic oxidation sites excluding steroid dienone is 4. The molecule has 1 aliphatic carbocycles. The number of pyridine rings is 1. The van der Waals surface area contributed by atoms with E-state index >= 15 is 0 Å². The van der Waals surface area contributed by atoms with Gasteiger partial charge in [-0.3, -0.25) is 9.88 Å². The average Bonchev–Trinajstić information content (AvgIpc) is 3.49. The van der Waals surface area contributed by atoms with Crippen molar-refractivity contribution in [3.63, 3.8) is 0 Å². The molecule has 41 heavy (non-hydrogen) atoms. The minimum Gasteiger partial charge on any atom is -0.384 e. The third-order valence-corrected chi connectivity index (χ3v) is 11.2. The quantitative estimate of drug-likeness (QED) is 0.326. The van der Waals surface area contributed by atoms with Crippen molar-refractivity contribution in [2.24, 2.45) is 11.3 Å². The summed E-state index contributed by atoms with van der Waals surface area (Å²) in [6, 6.07) is 11.3. The Morgan fingerprint density at radius 2 is 1.76 bits per heavy atom. The molecule has 214 valence electrons. The van der Waals surface area contributed by atoms with E-state index in [0.717, 1.165) is 68.5 Å². The van der Waals surface area contributed by atoms with Gasteiger partial charge in [0.25, 0.3) is 0 Å². The summed E-state index contributed by atoms with van der Waals surface area (Å²) in [5.41, 5.74) is 3.74. The summed E-state index contributed by atoms with van der Waals surface area (Å²) >= 11 is 0. The van der Waals surface area contributed by atoms with Crippen molar-refractivity contribution in [2.45, 2.75) is 81.9 Å². The fraction of sp³-hybridized carbons (Fsp3) is 0.528. The first kappa shape index (κ1) is 25.9. The molecule has 8 rings (SSSR count). The maximum atomic E-state index is 13.1. The van der Waals surface area contributed by atoms with Crippen LogP contribution in [0.3, 0.4) is 0 Å². The van der Waals surface area contributed by atoms with Crippen LogP contribution in [0.2, 0.25) is 0 Å². The number of piperidine rings is 1. The number of fused-ring (bicyclic) bond motifs is 5. The van der Waals surface area contributed by atoms with Crippen molar-refractivity contribution >= 4 is 27.4 Å². The number of H-pyrrole nitrogens is 1. The number of aromatic amines is 1. The fourth-order valence-corrected chi connectivity index (χ4v) is 9.59. The molecule has 0 saturated carbocycles. The Morgan fingerprint density at radius 3 is 2.71 bits per heavy atom. The highest BCUT2D eigenvalue weighted by Gasteiger charge is 2.65. The lowest BCUT2D eigenvalue weighted by Gasteiger charge is -2.58. The van der Waals surface area contributed by atoms with Gasteiger partial charge in [0, 0.05) is 40.5 Å². The molecular weight excluding hydrogens is 504 g/mol. The predicted octanol–water partition coefficient (Wildman–Crippen LogP) is 6.86. The Bertz CT molecular complexity index is 1530. The van der Waals surface area contributed by atoms with Gasteiger partial charge in [0.1, 0.15) is 0 Å². The van der Waals surface area contributed by atoms with Gasteiger partial charge in [-0.15, -0.1) is 0 Å². The molecule has 2 aromatic heterocycles. The van der Waals surface area contributed by atoms with Crippen LogP contribution in [0.15, 0.2) is 66.9 Å². The number of aliphatic hydroxyl groups is 1. The van der Waals surface area contributed by atoms with E-state index in [1.807, 2.05) is 6.20 Å². The van der Waals surface area contributed by atoms with Crippen LogP contribution in [0.25, 0.3) is 27.4 Å². The Balaban J connectivity index is 1.35. The highest BCUT2D eigenvalue weighted by Crippen LogP contribution is 2.61. The third-order valence-electron chi connectivity index (χ3n) is 11.2. The first-order valence-corrected chi connectivity index (χ1v) is 16.3. The summed E-state index contributed by atoms with van der Waals surface area (Å²) in [6.45, 7) is 4.47. The van der Waals surface area contributed by atoms with Crippen LogP contribution in [-0.4, -0.2) is 68.7 Å². The maximum Gasteiger partial charge on any atom is 0.0998 e. The molecule has 6 atom stereocenters. The molecule has 5 heteroatoms. The van der Waals surface area contributed by atoms with E-state index in [1.165, 1.54) is 55.0 Å². The van der Waals surface area contributed by atoms with Gasteiger partial charge in [0.2, 0.25) is 0 Å². The van der Waals surface area contributed by atoms with Gasteiger partial charge in [-0.1, -0.05) is 42.5 Å². The molecule has 3 bridgehead atoms. The van der Waals surface area contributed by atoms with E-state index in [1.54, 1.807) is 0 Å². The summed E-state index contributed by atoms with van der Waals surface area (Å²) in [6.07, 6.45) is 25.2. The van der Waals surface area contributed by atoms with Gasteiger partial charge in [-0.25, -0.2) is 0 Å². The van der Waals surface area contributed by atoms with Crippen molar-refractivity contribution < 1.29 is 5.11 Å². The van der Waals surface area contributed by atoms with Gasteiger partial charge < -0.3 is 15.0 Å². The first-order valence-electron chi connectivity index (χ1n) is 16.3. The lowest BCUT2D eigenvalue weighted by atomic mass is 9.54. The van der Waals surface area contributed by atoms with Crippen LogP contribution in [-0.2, 0) is 0 Å². The Labute approximate surface area is 244 Å². The van der Waals surface area contributed by atoms with Gasteiger partial charge in [0.05, 0.1) is 22.9 Å². The lowest BCUT2D eigenvalue weighted by molar-refractivity contribution is -0.0894. The Morgan fingerprint density at radius 1 is 0.902 bits per heavy atom. The SMILES string of the molecule is O[C@]12C=C(c3nccc4c3[nH]c3ccccc34)[C@@H]3CCN(CCCCC=CCC1)C[C@@]31C[C@H]3C=CCCCCN3[C@H]12. The molecule has 1 spiro atoms. The second-order valence-electron chi connectivity index (χ2n) is 13.5.